The topological polar surface area (TPSA) is 30.9 Å². The number of fused-ring (bicyclic) bond motifs is 13. The van der Waals surface area contributed by atoms with E-state index in [1.54, 1.807) is 12.8 Å². The van der Waals surface area contributed by atoms with Gasteiger partial charge in [0, 0.05) is 34.5 Å². The third-order valence-electron chi connectivity index (χ3n) is 19.9. The zero-order chi connectivity index (χ0) is 34.6. The van der Waals surface area contributed by atoms with E-state index in [4.69, 9.17) is 14.2 Å². The largest absolute Gasteiger partial charge is 0.374 e. The fourth-order valence-corrected chi connectivity index (χ4v) is 20.5. The van der Waals surface area contributed by atoms with Crippen molar-refractivity contribution in [2.75, 3.05) is 0 Å². The van der Waals surface area contributed by atoms with Crippen LogP contribution >= 0.6 is 11.8 Å². The number of rotatable bonds is 4. The molecule has 296 valence electrons. The SMILES string of the molecule is C1CCC2C(C1)OC1CC(N(C3CCC(C4CCCC5C6CCC7OC8CCCCC8C7C6SC45)CC3)C3CCC4C(C3)OC3CCCCC34)CCC12. The first-order valence-electron chi connectivity index (χ1n) is 24.6. The lowest BCUT2D eigenvalue weighted by Crippen LogP contribution is -2.56. The quantitative estimate of drug-likeness (QED) is 0.286. The highest BCUT2D eigenvalue weighted by Gasteiger charge is 2.60. The molecular formula is C48H75NO3S. The summed E-state index contributed by atoms with van der Waals surface area (Å²) < 4.78 is 20.9. The van der Waals surface area contributed by atoms with Crippen molar-refractivity contribution in [2.45, 2.75) is 239 Å². The highest BCUT2D eigenvalue weighted by Crippen LogP contribution is 2.64. The van der Waals surface area contributed by atoms with Gasteiger partial charge in [-0.25, -0.2) is 0 Å². The third-order valence-corrected chi connectivity index (χ3v) is 21.9. The first-order chi connectivity index (χ1) is 26.2. The van der Waals surface area contributed by atoms with Crippen molar-refractivity contribution in [1.82, 2.24) is 4.90 Å². The minimum Gasteiger partial charge on any atom is -0.374 e. The van der Waals surface area contributed by atoms with Gasteiger partial charge in [0.1, 0.15) is 0 Å². The summed E-state index contributed by atoms with van der Waals surface area (Å²) >= 11 is 2.58. The Balaban J connectivity index is 0.753. The molecule has 53 heavy (non-hydrogen) atoms. The van der Waals surface area contributed by atoms with Gasteiger partial charge in [0.2, 0.25) is 0 Å². The molecule has 0 aromatic heterocycles. The summed E-state index contributed by atoms with van der Waals surface area (Å²) in [5, 5.41) is 1.90. The molecule has 19 unspecified atom stereocenters. The monoisotopic (exact) mass is 746 g/mol. The molecular weight excluding hydrogens is 671 g/mol. The standard InChI is InChI=1S/C48H75NO3S/c1-4-13-40-33(8-1)35-22-20-30(26-44(35)51-40)49(31-21-23-36-34-9-2-5-14-41(34)52-45(36)27-31)29-18-16-28(17-19-29)32-11-7-12-37-38-24-25-43-46(48(38)53-47(32)37)39-10-3-6-15-42(39)50-43/h28-48H,1-27H2. The third kappa shape index (κ3) is 5.99. The van der Waals surface area contributed by atoms with E-state index in [1.807, 2.05) is 0 Å². The van der Waals surface area contributed by atoms with E-state index in [9.17, 15) is 0 Å². The minimum absolute atomic E-state index is 0.554. The predicted octanol–water partition coefficient (Wildman–Crippen LogP) is 11.0. The second-order valence-corrected chi connectivity index (χ2v) is 23.3. The Morgan fingerprint density at radius 1 is 0.321 bits per heavy atom. The molecule has 4 nitrogen and oxygen atoms in total. The van der Waals surface area contributed by atoms with Crippen molar-refractivity contribution in [1.29, 1.82) is 0 Å². The second-order valence-electron chi connectivity index (χ2n) is 21.9. The van der Waals surface area contributed by atoms with Gasteiger partial charge in [-0.15, -0.1) is 0 Å². The Bertz CT molecular complexity index is 1260. The van der Waals surface area contributed by atoms with Crippen molar-refractivity contribution < 1.29 is 14.2 Å². The smallest absolute Gasteiger partial charge is 0.0625 e. The minimum atomic E-state index is 0.554. The molecule has 12 rings (SSSR count). The molecule has 12 fully saturated rings. The fourth-order valence-electron chi connectivity index (χ4n) is 17.9. The Labute approximate surface area is 327 Å². The summed E-state index contributed by atoms with van der Waals surface area (Å²) in [5.41, 5.74) is 0. The average Bonchev–Trinajstić information content (AvgIpc) is 3.97. The molecule has 4 aliphatic heterocycles. The van der Waals surface area contributed by atoms with Crippen molar-refractivity contribution in [3.8, 4) is 0 Å². The van der Waals surface area contributed by atoms with Gasteiger partial charge >= 0.3 is 0 Å². The van der Waals surface area contributed by atoms with E-state index in [0.717, 1.165) is 87.8 Å². The Kier molecular flexibility index (Phi) is 9.61. The second kappa shape index (κ2) is 14.5. The van der Waals surface area contributed by atoms with E-state index in [-0.39, 0.29) is 0 Å². The van der Waals surface area contributed by atoms with Gasteiger partial charge in [0.25, 0.3) is 0 Å². The van der Waals surface area contributed by atoms with E-state index in [2.05, 4.69) is 16.7 Å². The lowest BCUT2D eigenvalue weighted by atomic mass is 9.62. The molecule has 8 aliphatic carbocycles. The number of nitrogens with zero attached hydrogens (tertiary/aromatic N) is 1. The van der Waals surface area contributed by atoms with Crippen LogP contribution in [0, 0.1) is 59.2 Å². The zero-order valence-electron chi connectivity index (χ0n) is 33.3. The lowest BCUT2D eigenvalue weighted by Gasteiger charge is -2.51. The lowest BCUT2D eigenvalue weighted by molar-refractivity contribution is -0.0649. The normalized spacial score (nSPS) is 57.3. The Hall–Kier alpha value is 0.190. The van der Waals surface area contributed by atoms with Crippen molar-refractivity contribution in [3.05, 3.63) is 0 Å². The van der Waals surface area contributed by atoms with Crippen molar-refractivity contribution in [2.24, 2.45) is 59.2 Å². The molecule has 0 aromatic rings. The van der Waals surface area contributed by atoms with Crippen molar-refractivity contribution in [3.63, 3.8) is 0 Å². The van der Waals surface area contributed by atoms with Gasteiger partial charge in [-0.1, -0.05) is 44.9 Å². The molecule has 4 saturated heterocycles. The summed E-state index contributed by atoms with van der Waals surface area (Å²) in [4.78, 5) is 3.27. The van der Waals surface area contributed by atoms with Crippen LogP contribution in [0.5, 0.6) is 0 Å². The maximum Gasteiger partial charge on any atom is 0.0625 e. The maximum absolute atomic E-state index is 7.03. The van der Waals surface area contributed by atoms with Crippen LogP contribution in [0.2, 0.25) is 0 Å². The average molecular weight is 746 g/mol. The molecule has 0 N–H and O–H groups in total. The summed E-state index contributed by atoms with van der Waals surface area (Å²) in [7, 11) is 0. The molecule has 4 heterocycles. The molecule has 19 atom stereocenters. The van der Waals surface area contributed by atoms with Gasteiger partial charge in [0.05, 0.1) is 36.6 Å². The summed E-state index contributed by atoms with van der Waals surface area (Å²) in [6, 6.07) is 2.31. The van der Waals surface area contributed by atoms with E-state index < -0.39 is 0 Å². The predicted molar refractivity (Wildman–Crippen MR) is 214 cm³/mol. The van der Waals surface area contributed by atoms with Crippen LogP contribution in [0.4, 0.5) is 0 Å². The molecule has 5 heteroatoms. The molecule has 0 bridgehead atoms. The molecule has 0 spiro atoms. The molecule has 0 radical (unpaired) electrons. The number of hydrogen-bond acceptors (Lipinski definition) is 5. The number of ether oxygens (including phenoxy) is 3. The van der Waals surface area contributed by atoms with Crippen LogP contribution in [-0.4, -0.2) is 70.1 Å². The van der Waals surface area contributed by atoms with E-state index in [1.165, 1.54) is 161 Å². The zero-order valence-corrected chi connectivity index (χ0v) is 34.1. The highest BCUT2D eigenvalue weighted by atomic mass is 32.2. The number of thioether (sulfide) groups is 1. The van der Waals surface area contributed by atoms with Crippen LogP contribution in [0.1, 0.15) is 173 Å². The highest BCUT2D eigenvalue weighted by molar-refractivity contribution is 8.00. The van der Waals surface area contributed by atoms with Crippen LogP contribution in [0.3, 0.4) is 0 Å². The summed E-state index contributed by atoms with van der Waals surface area (Å²) in [5.74, 6) is 9.33. The number of hydrogen-bond donors (Lipinski definition) is 0. The van der Waals surface area contributed by atoms with Crippen molar-refractivity contribution >= 4 is 11.8 Å². The fraction of sp³-hybridized carbons (Fsp3) is 1.00. The van der Waals surface area contributed by atoms with Crippen LogP contribution < -0.4 is 0 Å². The summed E-state index contributed by atoms with van der Waals surface area (Å²) in [6.07, 6.45) is 42.5. The molecule has 0 aromatic carbocycles. The van der Waals surface area contributed by atoms with Crippen LogP contribution in [0.15, 0.2) is 0 Å². The Morgan fingerprint density at radius 3 is 1.45 bits per heavy atom. The molecule has 12 aliphatic rings. The van der Waals surface area contributed by atoms with Crippen LogP contribution in [0.25, 0.3) is 0 Å². The first kappa shape index (κ1) is 35.2. The maximum atomic E-state index is 7.03. The first-order valence-corrected chi connectivity index (χ1v) is 25.6. The van der Waals surface area contributed by atoms with Gasteiger partial charge in [-0.2, -0.15) is 11.8 Å². The van der Waals surface area contributed by atoms with Gasteiger partial charge in [-0.3, -0.25) is 4.90 Å². The van der Waals surface area contributed by atoms with Gasteiger partial charge < -0.3 is 14.2 Å². The molecule has 8 saturated carbocycles. The van der Waals surface area contributed by atoms with Gasteiger partial charge in [-0.05, 0) is 182 Å². The van der Waals surface area contributed by atoms with E-state index >= 15 is 0 Å². The Morgan fingerprint density at radius 2 is 0.792 bits per heavy atom. The van der Waals surface area contributed by atoms with Crippen LogP contribution in [-0.2, 0) is 14.2 Å². The molecule has 0 amide bonds. The summed E-state index contributed by atoms with van der Waals surface area (Å²) in [6.45, 7) is 0. The van der Waals surface area contributed by atoms with E-state index in [0.29, 0.717) is 36.6 Å². The van der Waals surface area contributed by atoms with Gasteiger partial charge in [0.15, 0.2) is 0 Å².